The number of hydrogen-bond acceptors (Lipinski definition) is 6. The first-order valence-corrected chi connectivity index (χ1v) is 10.4. The van der Waals surface area contributed by atoms with E-state index in [-0.39, 0.29) is 11.8 Å². The second-order valence-electron chi connectivity index (χ2n) is 6.49. The number of carbonyl (C=O) groups excluding carboxylic acids is 1. The van der Waals surface area contributed by atoms with Crippen LogP contribution in [0.15, 0.2) is 57.9 Å². The number of para-hydroxylation sites is 1. The highest BCUT2D eigenvalue weighted by Gasteiger charge is 2.35. The van der Waals surface area contributed by atoms with Crippen molar-refractivity contribution in [1.82, 2.24) is 10.1 Å². The van der Waals surface area contributed by atoms with E-state index in [9.17, 15) is 4.79 Å². The summed E-state index contributed by atoms with van der Waals surface area (Å²) < 4.78 is 11.2. The van der Waals surface area contributed by atoms with Crippen LogP contribution in [0.3, 0.4) is 0 Å². The third-order valence-electron chi connectivity index (χ3n) is 4.71. The van der Waals surface area contributed by atoms with Gasteiger partial charge in [0.2, 0.25) is 17.6 Å². The van der Waals surface area contributed by atoms with Crippen molar-refractivity contribution < 1.29 is 14.1 Å². The first-order valence-electron chi connectivity index (χ1n) is 9.19. The molecule has 1 aliphatic heterocycles. The lowest BCUT2D eigenvalue weighted by atomic mass is 10.1. The minimum Gasteiger partial charge on any atom is -0.493 e. The average molecular weight is 395 g/mol. The van der Waals surface area contributed by atoms with E-state index in [0.717, 1.165) is 21.9 Å². The Morgan fingerprint density at radius 2 is 2.11 bits per heavy atom. The molecule has 1 amide bonds. The van der Waals surface area contributed by atoms with Gasteiger partial charge in [-0.3, -0.25) is 4.79 Å². The number of aromatic nitrogens is 2. The van der Waals surface area contributed by atoms with Gasteiger partial charge in [-0.05, 0) is 43.5 Å². The quantitative estimate of drug-likeness (QED) is 0.577. The van der Waals surface area contributed by atoms with Gasteiger partial charge in [0.1, 0.15) is 5.75 Å². The zero-order valence-corrected chi connectivity index (χ0v) is 16.6. The summed E-state index contributed by atoms with van der Waals surface area (Å²) in [6.45, 7) is 3.03. The molecule has 0 spiro atoms. The van der Waals surface area contributed by atoms with Crippen LogP contribution in [-0.2, 0) is 4.79 Å². The normalized spacial score (nSPS) is 16.6. The molecule has 1 aromatic heterocycles. The van der Waals surface area contributed by atoms with Crippen molar-refractivity contribution in [2.45, 2.75) is 24.2 Å². The van der Waals surface area contributed by atoms with Crippen LogP contribution in [0.25, 0.3) is 11.4 Å². The maximum absolute atomic E-state index is 12.6. The van der Waals surface area contributed by atoms with E-state index in [0.29, 0.717) is 31.3 Å². The highest BCUT2D eigenvalue weighted by atomic mass is 32.2. The van der Waals surface area contributed by atoms with E-state index in [1.807, 2.05) is 61.7 Å². The van der Waals surface area contributed by atoms with Crippen LogP contribution in [-0.4, -0.2) is 35.5 Å². The topological polar surface area (TPSA) is 68.5 Å². The molecular formula is C21H21N3O3S. The summed E-state index contributed by atoms with van der Waals surface area (Å²) in [5.74, 6) is 1.63. The van der Waals surface area contributed by atoms with E-state index < -0.39 is 0 Å². The molecule has 0 saturated carbocycles. The van der Waals surface area contributed by atoms with Crippen LogP contribution in [0, 0.1) is 0 Å². The highest BCUT2D eigenvalue weighted by molar-refractivity contribution is 7.98. The van der Waals surface area contributed by atoms with Crippen molar-refractivity contribution in [3.63, 3.8) is 0 Å². The molecule has 3 aromatic rings. The lowest BCUT2D eigenvalue weighted by Gasteiger charge is -2.16. The Balaban J connectivity index is 1.56. The summed E-state index contributed by atoms with van der Waals surface area (Å²) in [6, 6.07) is 15.6. The van der Waals surface area contributed by atoms with Gasteiger partial charge in [0.05, 0.1) is 18.1 Å². The molecule has 1 unspecified atom stereocenters. The number of carbonyl (C=O) groups is 1. The Bertz CT molecular complexity index is 988. The molecule has 1 saturated heterocycles. The van der Waals surface area contributed by atoms with Crippen LogP contribution in [0.2, 0.25) is 0 Å². The van der Waals surface area contributed by atoms with Gasteiger partial charge in [-0.2, -0.15) is 4.98 Å². The zero-order valence-electron chi connectivity index (χ0n) is 15.8. The Morgan fingerprint density at radius 3 is 2.93 bits per heavy atom. The van der Waals surface area contributed by atoms with E-state index in [2.05, 4.69) is 10.1 Å². The summed E-state index contributed by atoms with van der Waals surface area (Å²) in [4.78, 5) is 20.1. The second kappa shape index (κ2) is 8.06. The number of rotatable bonds is 6. The van der Waals surface area contributed by atoms with Gasteiger partial charge >= 0.3 is 0 Å². The van der Waals surface area contributed by atoms with E-state index >= 15 is 0 Å². The second-order valence-corrected chi connectivity index (χ2v) is 7.37. The Hall–Kier alpha value is -2.80. The fraction of sp³-hybridized carbons (Fsp3) is 0.286. The van der Waals surface area contributed by atoms with Gasteiger partial charge in [-0.1, -0.05) is 23.4 Å². The van der Waals surface area contributed by atoms with Gasteiger partial charge in [0.25, 0.3) is 0 Å². The molecule has 0 aliphatic carbocycles. The zero-order chi connectivity index (χ0) is 19.5. The van der Waals surface area contributed by atoms with E-state index in [1.165, 1.54) is 0 Å². The number of thioether (sulfide) groups is 1. The SMILES string of the molecule is CCOc1ccccc1-c1noc(C2CC(=O)N(c3cccc(SC)c3)C2)n1. The number of anilines is 1. The molecule has 1 fully saturated rings. The van der Waals surface area contributed by atoms with Crippen LogP contribution < -0.4 is 9.64 Å². The summed E-state index contributed by atoms with van der Waals surface area (Å²) in [7, 11) is 0. The van der Waals surface area contributed by atoms with E-state index in [1.54, 1.807) is 16.7 Å². The minimum absolute atomic E-state index is 0.0673. The van der Waals surface area contributed by atoms with Crippen LogP contribution in [0.4, 0.5) is 5.69 Å². The fourth-order valence-corrected chi connectivity index (χ4v) is 3.80. The maximum atomic E-state index is 12.6. The molecule has 144 valence electrons. The van der Waals surface area contributed by atoms with E-state index in [4.69, 9.17) is 9.26 Å². The predicted molar refractivity (Wildman–Crippen MR) is 109 cm³/mol. The van der Waals surface area contributed by atoms with Gasteiger partial charge < -0.3 is 14.2 Å². The number of hydrogen-bond donors (Lipinski definition) is 0. The predicted octanol–water partition coefficient (Wildman–Crippen LogP) is 4.38. The minimum atomic E-state index is -0.119. The summed E-state index contributed by atoms with van der Waals surface area (Å²) in [6.07, 6.45) is 2.38. The Labute approximate surface area is 167 Å². The van der Waals surface area contributed by atoms with Crippen molar-refractivity contribution in [1.29, 1.82) is 0 Å². The smallest absolute Gasteiger partial charge is 0.232 e. The summed E-state index contributed by atoms with van der Waals surface area (Å²) in [5.41, 5.74) is 1.69. The third-order valence-corrected chi connectivity index (χ3v) is 5.43. The third kappa shape index (κ3) is 3.62. The van der Waals surface area contributed by atoms with Gasteiger partial charge in [-0.15, -0.1) is 11.8 Å². The first-order chi connectivity index (χ1) is 13.7. The van der Waals surface area contributed by atoms with Gasteiger partial charge in [0.15, 0.2) is 0 Å². The van der Waals surface area contributed by atoms with Crippen molar-refractivity contribution in [3.8, 4) is 17.1 Å². The molecule has 1 atom stereocenters. The molecule has 0 bridgehead atoms. The fourth-order valence-electron chi connectivity index (χ4n) is 3.34. The molecule has 0 radical (unpaired) electrons. The van der Waals surface area contributed by atoms with Crippen molar-refractivity contribution in [2.75, 3.05) is 24.3 Å². The first kappa shape index (κ1) is 18.6. The molecule has 2 aromatic carbocycles. The molecule has 4 rings (SSSR count). The number of nitrogens with zero attached hydrogens (tertiary/aromatic N) is 3. The lowest BCUT2D eigenvalue weighted by Crippen LogP contribution is -2.24. The Kier molecular flexibility index (Phi) is 5.34. The van der Waals surface area contributed by atoms with Gasteiger partial charge in [-0.25, -0.2) is 0 Å². The molecule has 1 aliphatic rings. The molecule has 2 heterocycles. The highest BCUT2D eigenvalue weighted by Crippen LogP contribution is 2.34. The van der Waals surface area contributed by atoms with Crippen molar-refractivity contribution >= 4 is 23.4 Å². The molecule has 7 heteroatoms. The summed E-state index contributed by atoms with van der Waals surface area (Å²) >= 11 is 1.66. The summed E-state index contributed by atoms with van der Waals surface area (Å²) in [5, 5.41) is 4.12. The average Bonchev–Trinajstić information content (AvgIpc) is 3.36. The van der Waals surface area contributed by atoms with Crippen LogP contribution in [0.5, 0.6) is 5.75 Å². The van der Waals surface area contributed by atoms with Gasteiger partial charge in [0, 0.05) is 23.5 Å². The molecular weight excluding hydrogens is 374 g/mol. The van der Waals surface area contributed by atoms with Crippen molar-refractivity contribution in [3.05, 3.63) is 54.4 Å². The van der Waals surface area contributed by atoms with Crippen LogP contribution in [0.1, 0.15) is 25.2 Å². The Morgan fingerprint density at radius 1 is 1.25 bits per heavy atom. The maximum Gasteiger partial charge on any atom is 0.232 e. The van der Waals surface area contributed by atoms with Crippen LogP contribution >= 0.6 is 11.8 Å². The largest absolute Gasteiger partial charge is 0.493 e. The molecule has 28 heavy (non-hydrogen) atoms. The number of benzene rings is 2. The number of ether oxygens (including phenoxy) is 1. The standard InChI is InChI=1S/C21H21N3O3S/c1-3-26-18-10-5-4-9-17(18)20-22-21(27-23-20)14-11-19(25)24(13-14)15-7-6-8-16(12-15)28-2/h4-10,12,14H,3,11,13H2,1-2H3. The monoisotopic (exact) mass is 395 g/mol. The van der Waals surface area contributed by atoms with Crippen molar-refractivity contribution in [2.24, 2.45) is 0 Å². The molecule has 6 nitrogen and oxygen atoms in total. The lowest BCUT2D eigenvalue weighted by molar-refractivity contribution is -0.117. The molecule has 0 N–H and O–H groups in total. The number of amides is 1.